The summed E-state index contributed by atoms with van der Waals surface area (Å²) in [6.07, 6.45) is 15.4. The molecule has 0 radical (unpaired) electrons. The van der Waals surface area contributed by atoms with Crippen molar-refractivity contribution in [3.8, 4) is 0 Å². The third kappa shape index (κ3) is 1.60. The molecule has 1 spiro atoms. The standard InChI is InChI=1S/C11H20/c1-3-7-11(8-4-1)9-5-2-6-10-11/h1-10H2. The monoisotopic (exact) mass is 152 g/mol. The van der Waals surface area contributed by atoms with E-state index in [-0.39, 0.29) is 0 Å². The van der Waals surface area contributed by atoms with Crippen LogP contribution in [-0.2, 0) is 0 Å². The molecule has 0 heterocycles. The predicted octanol–water partition coefficient (Wildman–Crippen LogP) is 3.90. The van der Waals surface area contributed by atoms with E-state index < -0.39 is 0 Å². The van der Waals surface area contributed by atoms with Gasteiger partial charge in [-0.15, -0.1) is 0 Å². The number of hydrogen-bond donors (Lipinski definition) is 0. The van der Waals surface area contributed by atoms with Crippen LogP contribution in [0.25, 0.3) is 0 Å². The van der Waals surface area contributed by atoms with Gasteiger partial charge in [-0.2, -0.15) is 0 Å². The zero-order valence-corrected chi connectivity index (χ0v) is 7.57. The first-order chi connectivity index (χ1) is 5.41. The normalized spacial score (nSPS) is 30.5. The van der Waals surface area contributed by atoms with Crippen molar-refractivity contribution < 1.29 is 0 Å². The minimum atomic E-state index is 0.858. The molecule has 0 nitrogen and oxygen atoms in total. The van der Waals surface area contributed by atoms with E-state index in [1.165, 1.54) is 38.5 Å². The smallest absolute Gasteiger partial charge is 0.0297 e. The molecule has 0 heteroatoms. The van der Waals surface area contributed by atoms with Crippen molar-refractivity contribution in [3.63, 3.8) is 0 Å². The molecule has 0 aromatic rings. The summed E-state index contributed by atoms with van der Waals surface area (Å²) in [5, 5.41) is 0. The SMILES string of the molecule is C1CCC2(CC1)CCCCC2. The third-order valence-electron chi connectivity index (χ3n) is 3.83. The molecular formula is C11H20. The van der Waals surface area contributed by atoms with Crippen LogP contribution in [0.5, 0.6) is 0 Å². The highest BCUT2D eigenvalue weighted by molar-refractivity contribution is 4.85. The Balaban J connectivity index is 1.94. The molecule has 2 aliphatic carbocycles. The van der Waals surface area contributed by atoms with Crippen LogP contribution in [0, 0.1) is 5.41 Å². The molecule has 2 rings (SSSR count). The van der Waals surface area contributed by atoms with Gasteiger partial charge in [-0.1, -0.05) is 38.5 Å². The van der Waals surface area contributed by atoms with E-state index >= 15 is 0 Å². The second-order valence-electron chi connectivity index (χ2n) is 4.62. The zero-order valence-electron chi connectivity index (χ0n) is 7.57. The molecule has 0 bridgehead atoms. The first-order valence-corrected chi connectivity index (χ1v) is 5.41. The van der Waals surface area contributed by atoms with Crippen molar-refractivity contribution in [1.82, 2.24) is 0 Å². The zero-order chi connectivity index (χ0) is 7.57. The molecule has 11 heavy (non-hydrogen) atoms. The fourth-order valence-electron chi connectivity index (χ4n) is 3.10. The van der Waals surface area contributed by atoms with Gasteiger partial charge in [0.15, 0.2) is 0 Å². The van der Waals surface area contributed by atoms with Crippen LogP contribution in [0.1, 0.15) is 64.2 Å². The Morgan fingerprint density at radius 1 is 0.455 bits per heavy atom. The average Bonchev–Trinajstić information content (AvgIpc) is 2.07. The first kappa shape index (κ1) is 7.64. The predicted molar refractivity (Wildman–Crippen MR) is 48.6 cm³/mol. The molecule has 0 unspecified atom stereocenters. The lowest BCUT2D eigenvalue weighted by atomic mass is 9.65. The van der Waals surface area contributed by atoms with Gasteiger partial charge in [0.2, 0.25) is 0 Å². The van der Waals surface area contributed by atoms with Crippen molar-refractivity contribution in [2.75, 3.05) is 0 Å². The van der Waals surface area contributed by atoms with Crippen LogP contribution < -0.4 is 0 Å². The lowest BCUT2D eigenvalue weighted by Gasteiger charge is -2.40. The molecule has 0 atom stereocenters. The summed E-state index contributed by atoms with van der Waals surface area (Å²) in [5.41, 5.74) is 0.858. The largest absolute Gasteiger partial charge is 0.0533 e. The van der Waals surface area contributed by atoms with Gasteiger partial charge < -0.3 is 0 Å². The van der Waals surface area contributed by atoms with Gasteiger partial charge in [0.25, 0.3) is 0 Å². The third-order valence-corrected chi connectivity index (χ3v) is 3.83. The van der Waals surface area contributed by atoms with E-state index in [4.69, 9.17) is 0 Å². The maximum absolute atomic E-state index is 1.56. The summed E-state index contributed by atoms with van der Waals surface area (Å²) >= 11 is 0. The van der Waals surface area contributed by atoms with Gasteiger partial charge >= 0.3 is 0 Å². The van der Waals surface area contributed by atoms with Gasteiger partial charge in [0.05, 0.1) is 0 Å². The van der Waals surface area contributed by atoms with Crippen LogP contribution in [0.3, 0.4) is 0 Å². The molecule has 0 aromatic heterocycles. The highest BCUT2D eigenvalue weighted by Gasteiger charge is 2.32. The molecule has 0 aromatic carbocycles. The molecule has 0 saturated heterocycles. The lowest BCUT2D eigenvalue weighted by molar-refractivity contribution is 0.124. The second kappa shape index (κ2) is 3.16. The minimum absolute atomic E-state index is 0.858. The van der Waals surface area contributed by atoms with Gasteiger partial charge in [-0.05, 0) is 31.1 Å². The van der Waals surface area contributed by atoms with Crippen LogP contribution in [0.4, 0.5) is 0 Å². The van der Waals surface area contributed by atoms with Gasteiger partial charge in [-0.3, -0.25) is 0 Å². The van der Waals surface area contributed by atoms with E-state index in [9.17, 15) is 0 Å². The van der Waals surface area contributed by atoms with E-state index in [0.29, 0.717) is 0 Å². The highest BCUT2D eigenvalue weighted by atomic mass is 14.4. The van der Waals surface area contributed by atoms with Crippen molar-refractivity contribution >= 4 is 0 Å². The summed E-state index contributed by atoms with van der Waals surface area (Å²) in [4.78, 5) is 0. The Kier molecular flexibility index (Phi) is 2.20. The molecule has 2 aliphatic rings. The minimum Gasteiger partial charge on any atom is -0.0533 e. The molecule has 0 aliphatic heterocycles. The average molecular weight is 152 g/mol. The quantitative estimate of drug-likeness (QED) is 0.494. The summed E-state index contributed by atoms with van der Waals surface area (Å²) in [5.74, 6) is 0. The van der Waals surface area contributed by atoms with Gasteiger partial charge in [-0.25, -0.2) is 0 Å². The lowest BCUT2D eigenvalue weighted by Crippen LogP contribution is -2.26. The second-order valence-corrected chi connectivity index (χ2v) is 4.62. The van der Waals surface area contributed by atoms with Crippen molar-refractivity contribution in [2.24, 2.45) is 5.41 Å². The molecule has 2 saturated carbocycles. The molecular weight excluding hydrogens is 132 g/mol. The van der Waals surface area contributed by atoms with Crippen LogP contribution in [-0.4, -0.2) is 0 Å². The van der Waals surface area contributed by atoms with Crippen molar-refractivity contribution in [1.29, 1.82) is 0 Å². The number of hydrogen-bond acceptors (Lipinski definition) is 0. The molecule has 2 fully saturated rings. The molecule has 64 valence electrons. The highest BCUT2D eigenvalue weighted by Crippen LogP contribution is 2.47. The van der Waals surface area contributed by atoms with Crippen molar-refractivity contribution in [2.45, 2.75) is 64.2 Å². The summed E-state index contributed by atoms with van der Waals surface area (Å²) < 4.78 is 0. The summed E-state index contributed by atoms with van der Waals surface area (Å²) in [6, 6.07) is 0. The molecule has 0 N–H and O–H groups in total. The van der Waals surface area contributed by atoms with E-state index in [0.717, 1.165) is 5.41 Å². The first-order valence-electron chi connectivity index (χ1n) is 5.41. The fraction of sp³-hybridized carbons (Fsp3) is 1.00. The number of rotatable bonds is 0. The van der Waals surface area contributed by atoms with E-state index in [1.807, 2.05) is 0 Å². The van der Waals surface area contributed by atoms with Gasteiger partial charge in [0.1, 0.15) is 0 Å². The Hall–Kier alpha value is 0. The Morgan fingerprint density at radius 2 is 0.818 bits per heavy atom. The van der Waals surface area contributed by atoms with Crippen LogP contribution in [0.2, 0.25) is 0 Å². The van der Waals surface area contributed by atoms with Crippen LogP contribution in [0.15, 0.2) is 0 Å². The van der Waals surface area contributed by atoms with E-state index in [1.54, 1.807) is 25.7 Å². The maximum Gasteiger partial charge on any atom is -0.0297 e. The summed E-state index contributed by atoms with van der Waals surface area (Å²) in [7, 11) is 0. The molecule has 0 amide bonds. The van der Waals surface area contributed by atoms with E-state index in [2.05, 4.69) is 0 Å². The van der Waals surface area contributed by atoms with Crippen LogP contribution >= 0.6 is 0 Å². The topological polar surface area (TPSA) is 0 Å². The summed E-state index contributed by atoms with van der Waals surface area (Å²) in [6.45, 7) is 0. The Labute approximate surface area is 70.4 Å². The fourth-order valence-corrected chi connectivity index (χ4v) is 3.10. The Morgan fingerprint density at radius 3 is 1.18 bits per heavy atom. The van der Waals surface area contributed by atoms with Gasteiger partial charge in [0, 0.05) is 0 Å². The Bertz CT molecular complexity index is 94.5. The van der Waals surface area contributed by atoms with Crippen molar-refractivity contribution in [3.05, 3.63) is 0 Å². The maximum atomic E-state index is 1.56.